The SMILES string of the molecule is CCc1nn(-c2ccccc2)c(Oc2cccc(F)c2)c1CN(C[C@H]1CCCO1)C(=O)C1CC1. The van der Waals surface area contributed by atoms with E-state index in [2.05, 4.69) is 0 Å². The van der Waals surface area contributed by atoms with Gasteiger partial charge in [0.15, 0.2) is 0 Å². The van der Waals surface area contributed by atoms with E-state index in [4.69, 9.17) is 14.6 Å². The van der Waals surface area contributed by atoms with Crippen molar-refractivity contribution in [3.8, 4) is 17.3 Å². The molecule has 3 aromatic rings. The average Bonchev–Trinajstić information content (AvgIpc) is 3.48. The Kier molecular flexibility index (Phi) is 6.63. The van der Waals surface area contributed by atoms with Gasteiger partial charge in [0.2, 0.25) is 11.8 Å². The summed E-state index contributed by atoms with van der Waals surface area (Å²) < 4.78 is 27.8. The van der Waals surface area contributed by atoms with Crippen LogP contribution in [0.2, 0.25) is 0 Å². The van der Waals surface area contributed by atoms with Crippen molar-refractivity contribution in [1.29, 1.82) is 0 Å². The third-order valence-corrected chi connectivity index (χ3v) is 6.40. The Bertz CT molecular complexity index is 1140. The molecule has 2 aromatic carbocycles. The molecule has 1 atom stereocenters. The van der Waals surface area contributed by atoms with Gasteiger partial charge in [0, 0.05) is 25.1 Å². The molecule has 2 heterocycles. The maximum absolute atomic E-state index is 13.9. The molecule has 2 aliphatic rings. The number of aromatic nitrogens is 2. The van der Waals surface area contributed by atoms with Crippen molar-refractivity contribution in [2.75, 3.05) is 13.2 Å². The lowest BCUT2D eigenvalue weighted by Gasteiger charge is -2.26. The van der Waals surface area contributed by atoms with Crippen molar-refractivity contribution in [2.24, 2.45) is 5.92 Å². The van der Waals surface area contributed by atoms with Gasteiger partial charge in [-0.15, -0.1) is 0 Å². The number of benzene rings is 2. The van der Waals surface area contributed by atoms with Crippen LogP contribution in [0.3, 0.4) is 0 Å². The summed E-state index contributed by atoms with van der Waals surface area (Å²) in [5.74, 6) is 0.796. The van der Waals surface area contributed by atoms with Crippen molar-refractivity contribution in [3.63, 3.8) is 0 Å². The van der Waals surface area contributed by atoms with Gasteiger partial charge >= 0.3 is 0 Å². The summed E-state index contributed by atoms with van der Waals surface area (Å²) in [6.45, 7) is 3.74. The number of carbonyl (C=O) groups is 1. The fraction of sp³-hybridized carbons (Fsp3) is 0.407. The minimum atomic E-state index is -0.371. The van der Waals surface area contributed by atoms with Gasteiger partial charge < -0.3 is 14.4 Å². The first-order chi connectivity index (χ1) is 16.6. The summed E-state index contributed by atoms with van der Waals surface area (Å²) in [5, 5.41) is 4.85. The minimum absolute atomic E-state index is 0.0598. The molecule has 1 saturated heterocycles. The molecule has 34 heavy (non-hydrogen) atoms. The molecule has 1 aliphatic carbocycles. The Morgan fingerprint density at radius 3 is 2.68 bits per heavy atom. The summed E-state index contributed by atoms with van der Waals surface area (Å²) in [6, 6.07) is 15.8. The van der Waals surface area contributed by atoms with Crippen LogP contribution in [0.15, 0.2) is 54.6 Å². The molecule has 5 rings (SSSR count). The first kappa shape index (κ1) is 22.6. The second-order valence-corrected chi connectivity index (χ2v) is 9.02. The van der Waals surface area contributed by atoms with E-state index in [-0.39, 0.29) is 23.7 Å². The van der Waals surface area contributed by atoms with Crippen LogP contribution in [-0.2, 0) is 22.5 Å². The van der Waals surface area contributed by atoms with Crippen molar-refractivity contribution in [1.82, 2.24) is 14.7 Å². The first-order valence-corrected chi connectivity index (χ1v) is 12.1. The van der Waals surface area contributed by atoms with Gasteiger partial charge in [-0.2, -0.15) is 5.10 Å². The second kappa shape index (κ2) is 9.97. The molecular formula is C27H30FN3O3. The lowest BCUT2D eigenvalue weighted by atomic mass is 10.1. The highest BCUT2D eigenvalue weighted by Crippen LogP contribution is 2.36. The van der Waals surface area contributed by atoms with Crippen LogP contribution in [0.5, 0.6) is 11.6 Å². The molecule has 0 unspecified atom stereocenters. The standard InChI is InChI=1S/C27H30FN3O3/c1-2-25-24(18-30(26(32)19-13-14-19)17-23-12-7-15-33-23)27(34-22-11-6-8-20(28)16-22)31(29-25)21-9-4-3-5-10-21/h3-6,8-11,16,19,23H,2,7,12-15,17-18H2,1H3/t23-/m1/s1. The molecule has 0 radical (unpaired) electrons. The summed E-state index contributed by atoms with van der Waals surface area (Å²) in [5.41, 5.74) is 2.55. The quantitative estimate of drug-likeness (QED) is 0.433. The highest BCUT2D eigenvalue weighted by Gasteiger charge is 2.36. The van der Waals surface area contributed by atoms with Crippen molar-refractivity contribution < 1.29 is 18.7 Å². The van der Waals surface area contributed by atoms with Gasteiger partial charge in [-0.25, -0.2) is 9.07 Å². The largest absolute Gasteiger partial charge is 0.438 e. The molecule has 0 bridgehead atoms. The zero-order valence-corrected chi connectivity index (χ0v) is 19.5. The summed E-state index contributed by atoms with van der Waals surface area (Å²) >= 11 is 0. The maximum atomic E-state index is 13.9. The van der Waals surface area contributed by atoms with Gasteiger partial charge in [0.05, 0.1) is 29.6 Å². The molecule has 1 aromatic heterocycles. The number of ether oxygens (including phenoxy) is 2. The first-order valence-electron chi connectivity index (χ1n) is 12.1. The average molecular weight is 464 g/mol. The number of aryl methyl sites for hydroxylation is 1. The van der Waals surface area contributed by atoms with Crippen LogP contribution < -0.4 is 4.74 Å². The van der Waals surface area contributed by atoms with E-state index in [0.717, 1.165) is 49.2 Å². The normalized spacial score (nSPS) is 17.6. The smallest absolute Gasteiger partial charge is 0.227 e. The molecule has 1 amide bonds. The van der Waals surface area contributed by atoms with E-state index >= 15 is 0 Å². The highest BCUT2D eigenvalue weighted by molar-refractivity contribution is 5.81. The molecule has 1 aliphatic heterocycles. The van der Waals surface area contributed by atoms with Crippen molar-refractivity contribution in [3.05, 3.63) is 71.7 Å². The van der Waals surface area contributed by atoms with Gasteiger partial charge in [0.25, 0.3) is 0 Å². The number of halogens is 1. The van der Waals surface area contributed by atoms with Gasteiger partial charge in [-0.3, -0.25) is 4.79 Å². The van der Waals surface area contributed by atoms with Crippen LogP contribution in [0, 0.1) is 11.7 Å². The van der Waals surface area contributed by atoms with Crippen molar-refractivity contribution >= 4 is 5.91 Å². The van der Waals surface area contributed by atoms with Gasteiger partial charge in [0.1, 0.15) is 11.6 Å². The van der Waals surface area contributed by atoms with Crippen LogP contribution in [0.25, 0.3) is 5.69 Å². The lowest BCUT2D eigenvalue weighted by Crippen LogP contribution is -2.38. The second-order valence-electron chi connectivity index (χ2n) is 9.02. The van der Waals surface area contributed by atoms with E-state index in [9.17, 15) is 9.18 Å². The molecule has 0 N–H and O–H groups in total. The molecule has 0 spiro atoms. The van der Waals surface area contributed by atoms with Crippen LogP contribution >= 0.6 is 0 Å². The van der Waals surface area contributed by atoms with Gasteiger partial charge in [-0.1, -0.05) is 31.2 Å². The number of rotatable bonds is 9. The Morgan fingerprint density at radius 2 is 2.00 bits per heavy atom. The Morgan fingerprint density at radius 1 is 1.18 bits per heavy atom. The number of hydrogen-bond acceptors (Lipinski definition) is 4. The molecule has 7 heteroatoms. The van der Waals surface area contributed by atoms with E-state index in [1.807, 2.05) is 42.2 Å². The number of carbonyl (C=O) groups excluding carboxylic acids is 1. The maximum Gasteiger partial charge on any atom is 0.227 e. The number of nitrogens with zero attached hydrogens (tertiary/aromatic N) is 3. The van der Waals surface area contributed by atoms with Crippen LogP contribution in [0.1, 0.15) is 43.9 Å². The van der Waals surface area contributed by atoms with E-state index < -0.39 is 0 Å². The van der Waals surface area contributed by atoms with Crippen LogP contribution in [0.4, 0.5) is 4.39 Å². The highest BCUT2D eigenvalue weighted by atomic mass is 19.1. The van der Waals surface area contributed by atoms with Crippen LogP contribution in [-0.4, -0.2) is 39.8 Å². The molecule has 6 nitrogen and oxygen atoms in total. The monoisotopic (exact) mass is 463 g/mol. The van der Waals surface area contributed by atoms with E-state index in [0.29, 0.717) is 31.1 Å². The van der Waals surface area contributed by atoms with Crippen molar-refractivity contribution in [2.45, 2.75) is 51.7 Å². The summed E-state index contributed by atoms with van der Waals surface area (Å²) in [7, 11) is 0. The van der Waals surface area contributed by atoms with E-state index in [1.165, 1.54) is 12.1 Å². The third kappa shape index (κ3) is 4.99. The molecule has 2 fully saturated rings. The zero-order valence-electron chi connectivity index (χ0n) is 19.5. The predicted molar refractivity (Wildman–Crippen MR) is 127 cm³/mol. The Balaban J connectivity index is 1.54. The lowest BCUT2D eigenvalue weighted by molar-refractivity contribution is -0.134. The minimum Gasteiger partial charge on any atom is -0.438 e. The summed E-state index contributed by atoms with van der Waals surface area (Å²) in [4.78, 5) is 15.2. The number of hydrogen-bond donors (Lipinski definition) is 0. The molecule has 1 saturated carbocycles. The van der Waals surface area contributed by atoms with Gasteiger partial charge in [-0.05, 0) is 56.4 Å². The third-order valence-electron chi connectivity index (χ3n) is 6.40. The zero-order chi connectivity index (χ0) is 23.5. The summed E-state index contributed by atoms with van der Waals surface area (Å²) in [6.07, 6.45) is 4.61. The fourth-order valence-electron chi connectivity index (χ4n) is 4.46. The van der Waals surface area contributed by atoms with E-state index in [1.54, 1.807) is 16.8 Å². The topological polar surface area (TPSA) is 56.6 Å². The Labute approximate surface area is 199 Å². The predicted octanol–water partition coefficient (Wildman–Crippen LogP) is 5.28. The Hall–Kier alpha value is -3.19. The number of para-hydroxylation sites is 1. The molecular weight excluding hydrogens is 433 g/mol. The molecule has 178 valence electrons. The fourth-order valence-corrected chi connectivity index (χ4v) is 4.46. The number of amides is 1.